The molecule has 126 valence electrons. The number of hydrogen-bond acceptors (Lipinski definition) is 3. The van der Waals surface area contributed by atoms with Gasteiger partial charge in [0.15, 0.2) is 0 Å². The smallest absolute Gasteiger partial charge is 0.425 e. The molecule has 0 amide bonds. The maximum absolute atomic E-state index is 12.9. The first-order valence-electron chi connectivity index (χ1n) is 6.40. The van der Waals surface area contributed by atoms with E-state index in [0.717, 1.165) is 33.2 Å². The van der Waals surface area contributed by atoms with Crippen molar-refractivity contribution in [3.05, 3.63) is 48.7 Å². The second kappa shape index (κ2) is 5.83. The van der Waals surface area contributed by atoms with E-state index < -0.39 is 16.1 Å². The van der Waals surface area contributed by atoms with Crippen LogP contribution in [0.5, 0.6) is 5.75 Å². The van der Waals surface area contributed by atoms with Crippen molar-refractivity contribution in [2.45, 2.75) is 10.3 Å². The van der Waals surface area contributed by atoms with Crippen LogP contribution >= 0.6 is 22.6 Å². The van der Waals surface area contributed by atoms with Gasteiger partial charge in [-0.15, -0.1) is 0 Å². The van der Waals surface area contributed by atoms with Gasteiger partial charge in [0, 0.05) is 11.8 Å². The number of imidazole rings is 1. The van der Waals surface area contributed by atoms with Crippen LogP contribution in [0.15, 0.2) is 42.9 Å². The normalized spacial score (nSPS) is 12.6. The fourth-order valence-corrected chi connectivity index (χ4v) is 2.34. The molecule has 0 aliphatic carbocycles. The molecule has 0 atom stereocenters. The molecule has 0 saturated heterocycles. The molecular weight excluding hydrogens is 448 g/mol. The molecule has 24 heavy (non-hydrogen) atoms. The third kappa shape index (κ3) is 3.57. The first-order chi connectivity index (χ1) is 11.1. The topological polar surface area (TPSA) is 39.4 Å². The fraction of sp³-hybridized carbons (Fsp3) is 0.143. The monoisotopic (exact) mass is 455 g/mol. The van der Waals surface area contributed by atoms with Crippen molar-refractivity contribution in [3.8, 4) is 17.0 Å². The molecule has 3 rings (SSSR count). The van der Waals surface area contributed by atoms with Gasteiger partial charge in [0.2, 0.25) is 5.82 Å². The Balaban J connectivity index is 1.97. The molecule has 0 aliphatic rings. The molecule has 4 nitrogen and oxygen atoms in total. The maximum Gasteiger partial charge on any atom is 0.451 e. The predicted octanol–water partition coefficient (Wildman–Crippen LogP) is 4.78. The summed E-state index contributed by atoms with van der Waals surface area (Å²) in [4.78, 5) is 7.41. The van der Waals surface area contributed by atoms with Gasteiger partial charge in [-0.2, -0.15) is 22.0 Å². The van der Waals surface area contributed by atoms with Crippen LogP contribution in [0.25, 0.3) is 16.8 Å². The van der Waals surface area contributed by atoms with Gasteiger partial charge >= 0.3 is 10.3 Å². The van der Waals surface area contributed by atoms with Gasteiger partial charge < -0.3 is 4.74 Å². The fourth-order valence-electron chi connectivity index (χ4n) is 2.08. The average molecular weight is 455 g/mol. The minimum atomic E-state index is -4.60. The largest absolute Gasteiger partial charge is 0.451 e. The SMILES string of the molecule is FC(F)(I)Oc1ccc(-c2cn3c(C(F)(F)F)ncc3cn2)cc1. The Labute approximate surface area is 145 Å². The Morgan fingerprint density at radius 2 is 1.58 bits per heavy atom. The van der Waals surface area contributed by atoms with Crippen LogP contribution in [0.4, 0.5) is 22.0 Å². The van der Waals surface area contributed by atoms with E-state index in [0.29, 0.717) is 5.56 Å². The Morgan fingerprint density at radius 3 is 2.17 bits per heavy atom. The van der Waals surface area contributed by atoms with E-state index in [2.05, 4.69) is 14.7 Å². The number of benzene rings is 1. The number of nitrogens with zero attached hydrogens (tertiary/aromatic N) is 3. The summed E-state index contributed by atoms with van der Waals surface area (Å²) in [7, 11) is 0. The van der Waals surface area contributed by atoms with Gasteiger partial charge in [-0.1, -0.05) is 0 Å². The zero-order valence-corrected chi connectivity index (χ0v) is 13.7. The molecule has 2 aromatic heterocycles. The van der Waals surface area contributed by atoms with E-state index in [9.17, 15) is 22.0 Å². The second-order valence-corrected chi connectivity index (χ2v) is 5.98. The molecule has 0 aliphatic heterocycles. The number of rotatable bonds is 3. The Bertz CT molecular complexity index is 871. The third-order valence-corrected chi connectivity index (χ3v) is 3.27. The van der Waals surface area contributed by atoms with Crippen LogP contribution in [-0.4, -0.2) is 18.5 Å². The molecule has 0 radical (unpaired) electrons. The Hall–Kier alpha value is -1.98. The molecule has 3 aromatic rings. The van der Waals surface area contributed by atoms with Gasteiger partial charge in [-0.3, -0.25) is 9.38 Å². The minimum absolute atomic E-state index is 0.0714. The summed E-state index contributed by atoms with van der Waals surface area (Å²) in [6, 6.07) is 5.42. The van der Waals surface area contributed by atoms with E-state index in [-0.39, 0.29) is 17.0 Å². The minimum Gasteiger partial charge on any atom is -0.425 e. The molecule has 0 fully saturated rings. The third-order valence-electron chi connectivity index (χ3n) is 3.05. The number of fused-ring (bicyclic) bond motifs is 1. The van der Waals surface area contributed by atoms with Gasteiger partial charge in [-0.25, -0.2) is 4.98 Å². The van der Waals surface area contributed by atoms with Crippen molar-refractivity contribution < 1.29 is 26.7 Å². The highest BCUT2D eigenvalue weighted by Gasteiger charge is 2.36. The van der Waals surface area contributed by atoms with Gasteiger partial charge in [0.1, 0.15) is 5.75 Å². The predicted molar refractivity (Wildman–Crippen MR) is 83.0 cm³/mol. The van der Waals surface area contributed by atoms with Crippen molar-refractivity contribution in [2.75, 3.05) is 0 Å². The molecule has 0 N–H and O–H groups in total. The van der Waals surface area contributed by atoms with Crippen molar-refractivity contribution in [1.29, 1.82) is 0 Å². The van der Waals surface area contributed by atoms with Crippen molar-refractivity contribution in [3.63, 3.8) is 0 Å². The highest BCUT2D eigenvalue weighted by atomic mass is 127. The van der Waals surface area contributed by atoms with Crippen LogP contribution < -0.4 is 4.74 Å². The quantitative estimate of drug-likeness (QED) is 0.325. The average Bonchev–Trinajstić information content (AvgIpc) is 2.89. The summed E-state index contributed by atoms with van der Waals surface area (Å²) >= 11 is 0.835. The number of ether oxygens (including phenoxy) is 1. The standard InChI is InChI=1S/C14H7F5IN3O/c15-13(16,17)12-22-6-9-5-21-11(7-23(9)12)8-1-3-10(4-2-8)24-14(18,19)20/h1-7H. The maximum atomic E-state index is 12.9. The second-order valence-electron chi connectivity index (χ2n) is 4.72. The van der Waals surface area contributed by atoms with E-state index in [4.69, 9.17) is 0 Å². The zero-order chi connectivity index (χ0) is 17.5. The summed E-state index contributed by atoms with van der Waals surface area (Å²) in [5.74, 6) is -1.14. The van der Waals surface area contributed by atoms with E-state index in [1.54, 1.807) is 0 Å². The first-order valence-corrected chi connectivity index (χ1v) is 7.48. The van der Waals surface area contributed by atoms with Crippen molar-refractivity contribution >= 4 is 28.1 Å². The molecule has 2 heterocycles. The van der Waals surface area contributed by atoms with Crippen LogP contribution in [-0.2, 0) is 6.18 Å². The molecule has 0 unspecified atom stereocenters. The summed E-state index contributed by atoms with van der Waals surface area (Å²) in [5, 5.41) is 0. The summed E-state index contributed by atoms with van der Waals surface area (Å²) in [6.07, 6.45) is -1.09. The van der Waals surface area contributed by atoms with Crippen molar-refractivity contribution in [1.82, 2.24) is 14.4 Å². The molecule has 1 aromatic carbocycles. The van der Waals surface area contributed by atoms with E-state index >= 15 is 0 Å². The molecule has 0 spiro atoms. The van der Waals surface area contributed by atoms with Crippen LogP contribution in [0, 0.1) is 0 Å². The number of aromatic nitrogens is 3. The van der Waals surface area contributed by atoms with Gasteiger partial charge in [0.25, 0.3) is 0 Å². The van der Waals surface area contributed by atoms with Crippen LogP contribution in [0.2, 0.25) is 0 Å². The Kier molecular flexibility index (Phi) is 4.10. The lowest BCUT2D eigenvalue weighted by atomic mass is 10.1. The van der Waals surface area contributed by atoms with Crippen LogP contribution in [0.3, 0.4) is 0 Å². The van der Waals surface area contributed by atoms with Crippen molar-refractivity contribution in [2.24, 2.45) is 0 Å². The highest BCUT2D eigenvalue weighted by molar-refractivity contribution is 14.1. The summed E-state index contributed by atoms with van der Waals surface area (Å²) in [5.41, 5.74) is 0.872. The summed E-state index contributed by atoms with van der Waals surface area (Å²) in [6.45, 7) is 0. The van der Waals surface area contributed by atoms with Crippen LogP contribution in [0.1, 0.15) is 5.82 Å². The lowest BCUT2D eigenvalue weighted by Gasteiger charge is -2.11. The summed E-state index contributed by atoms with van der Waals surface area (Å²) < 4.78 is 66.1. The molecule has 0 bridgehead atoms. The number of hydrogen-bond donors (Lipinski definition) is 0. The lowest BCUT2D eigenvalue weighted by molar-refractivity contribution is -0.145. The first kappa shape index (κ1) is 16.9. The Morgan fingerprint density at radius 1 is 0.958 bits per heavy atom. The zero-order valence-electron chi connectivity index (χ0n) is 11.6. The van der Waals surface area contributed by atoms with Gasteiger partial charge in [0.05, 0.1) is 46.2 Å². The molecular formula is C14H7F5IN3O. The molecule has 0 saturated carbocycles. The van der Waals surface area contributed by atoms with E-state index in [1.165, 1.54) is 36.7 Å². The van der Waals surface area contributed by atoms with E-state index in [1.807, 2.05) is 0 Å². The number of halogens is 6. The number of alkyl halides is 6. The van der Waals surface area contributed by atoms with Gasteiger partial charge in [-0.05, 0) is 24.3 Å². The highest BCUT2D eigenvalue weighted by Crippen LogP contribution is 2.31. The lowest BCUT2D eigenvalue weighted by Crippen LogP contribution is -2.14. The molecule has 10 heteroatoms.